The molecule has 2 rings (SSSR count). The Morgan fingerprint density at radius 3 is 3.25 bits per heavy atom. The summed E-state index contributed by atoms with van der Waals surface area (Å²) < 4.78 is 6.06. The van der Waals surface area contributed by atoms with Crippen LogP contribution in [0.15, 0.2) is 10.7 Å². The molecule has 1 aromatic rings. The van der Waals surface area contributed by atoms with Crippen LogP contribution in [0.5, 0.6) is 0 Å². The minimum atomic E-state index is 0.313. The van der Waals surface area contributed by atoms with Crippen LogP contribution in [-0.2, 0) is 4.74 Å². The lowest BCUT2D eigenvalue weighted by atomic mass is 10.1. The lowest BCUT2D eigenvalue weighted by Gasteiger charge is -2.18. The Balaban J connectivity index is 2.11. The fourth-order valence-electron chi connectivity index (χ4n) is 1.99. The van der Waals surface area contributed by atoms with Crippen molar-refractivity contribution in [3.05, 3.63) is 10.7 Å². The normalized spacial score (nSPS) is 20.4. The average Bonchev–Trinajstić information content (AvgIpc) is 2.71. The highest BCUT2D eigenvalue weighted by molar-refractivity contribution is 9.10. The number of nitrogen functional groups attached to an aromatic ring is 1. The Hall–Kier alpha value is -0.880. The maximum absolute atomic E-state index is 5.59. The van der Waals surface area contributed by atoms with Gasteiger partial charge in [0.1, 0.15) is 5.82 Å². The van der Waals surface area contributed by atoms with Crippen molar-refractivity contribution in [3.8, 4) is 0 Å². The molecule has 0 radical (unpaired) electrons. The van der Waals surface area contributed by atoms with E-state index in [1.54, 1.807) is 13.3 Å². The number of nitrogens with zero attached hydrogens (tertiary/aromatic N) is 3. The van der Waals surface area contributed by atoms with Gasteiger partial charge in [-0.15, -0.1) is 0 Å². The topological polar surface area (TPSA) is 64.3 Å². The standard InChI is InChI=1S/C10H15BrN4O/c1-16-6-7-2-3-15(5-7)9-8(11)4-13-10(12)14-9/h4,7H,2-3,5-6H2,1H3,(H2,12,13,14). The van der Waals surface area contributed by atoms with Gasteiger partial charge in [-0.3, -0.25) is 0 Å². The number of anilines is 2. The smallest absolute Gasteiger partial charge is 0.222 e. The zero-order valence-corrected chi connectivity index (χ0v) is 10.8. The van der Waals surface area contributed by atoms with Crippen LogP contribution in [0.4, 0.5) is 11.8 Å². The molecule has 1 fully saturated rings. The molecule has 1 aliphatic heterocycles. The first kappa shape index (κ1) is 11.6. The molecule has 0 bridgehead atoms. The minimum Gasteiger partial charge on any atom is -0.384 e. The molecule has 2 heterocycles. The third kappa shape index (κ3) is 2.44. The van der Waals surface area contributed by atoms with Crippen LogP contribution in [0.2, 0.25) is 0 Å². The summed E-state index contributed by atoms with van der Waals surface area (Å²) in [6, 6.07) is 0. The molecule has 88 valence electrons. The summed E-state index contributed by atoms with van der Waals surface area (Å²) in [4.78, 5) is 10.4. The monoisotopic (exact) mass is 286 g/mol. The maximum Gasteiger partial charge on any atom is 0.222 e. The van der Waals surface area contributed by atoms with E-state index in [1.807, 2.05) is 0 Å². The fourth-order valence-corrected chi connectivity index (χ4v) is 2.43. The predicted octanol–water partition coefficient (Wildman–Crippen LogP) is 1.29. The highest BCUT2D eigenvalue weighted by Crippen LogP contribution is 2.28. The fraction of sp³-hybridized carbons (Fsp3) is 0.600. The molecule has 2 N–H and O–H groups in total. The van der Waals surface area contributed by atoms with E-state index in [0.29, 0.717) is 11.9 Å². The summed E-state index contributed by atoms with van der Waals surface area (Å²) >= 11 is 3.45. The molecule has 0 amide bonds. The average molecular weight is 287 g/mol. The number of hydrogen-bond acceptors (Lipinski definition) is 5. The van der Waals surface area contributed by atoms with E-state index in [0.717, 1.165) is 36.4 Å². The van der Waals surface area contributed by atoms with Crippen LogP contribution in [0.25, 0.3) is 0 Å². The second-order valence-electron chi connectivity index (χ2n) is 3.96. The number of hydrogen-bond donors (Lipinski definition) is 1. The molecule has 1 unspecified atom stereocenters. The van der Waals surface area contributed by atoms with Crippen molar-refractivity contribution in [1.82, 2.24) is 9.97 Å². The van der Waals surface area contributed by atoms with Crippen LogP contribution in [0.3, 0.4) is 0 Å². The molecule has 1 saturated heterocycles. The van der Waals surface area contributed by atoms with Crippen LogP contribution in [-0.4, -0.2) is 36.8 Å². The lowest BCUT2D eigenvalue weighted by Crippen LogP contribution is -2.23. The molecular formula is C10H15BrN4O. The third-order valence-electron chi connectivity index (χ3n) is 2.73. The van der Waals surface area contributed by atoms with Crippen LogP contribution in [0, 0.1) is 5.92 Å². The predicted molar refractivity (Wildman–Crippen MR) is 66.3 cm³/mol. The first-order valence-corrected chi connectivity index (χ1v) is 6.02. The Bertz CT molecular complexity index is 374. The van der Waals surface area contributed by atoms with Gasteiger partial charge in [-0.1, -0.05) is 0 Å². The minimum absolute atomic E-state index is 0.313. The molecule has 6 heteroatoms. The number of nitrogens with two attached hydrogens (primary N) is 1. The number of halogens is 1. The molecule has 1 atom stereocenters. The molecule has 0 aliphatic carbocycles. The largest absolute Gasteiger partial charge is 0.384 e. The summed E-state index contributed by atoms with van der Waals surface area (Å²) in [5.41, 5.74) is 5.59. The second kappa shape index (κ2) is 4.97. The van der Waals surface area contributed by atoms with Gasteiger partial charge < -0.3 is 15.4 Å². The highest BCUT2D eigenvalue weighted by atomic mass is 79.9. The van der Waals surface area contributed by atoms with E-state index in [1.165, 1.54) is 0 Å². The molecule has 1 aliphatic rings. The van der Waals surface area contributed by atoms with Gasteiger partial charge in [0.2, 0.25) is 5.95 Å². The number of ether oxygens (including phenoxy) is 1. The van der Waals surface area contributed by atoms with Crippen LogP contribution < -0.4 is 10.6 Å². The molecular weight excluding hydrogens is 272 g/mol. The molecule has 16 heavy (non-hydrogen) atoms. The summed E-state index contributed by atoms with van der Waals surface area (Å²) in [5.74, 6) is 1.77. The van der Waals surface area contributed by atoms with E-state index in [4.69, 9.17) is 10.5 Å². The summed E-state index contributed by atoms with van der Waals surface area (Å²) in [7, 11) is 1.74. The molecule has 1 aromatic heterocycles. The summed E-state index contributed by atoms with van der Waals surface area (Å²) in [6.07, 6.45) is 2.82. The molecule has 0 aromatic carbocycles. The summed E-state index contributed by atoms with van der Waals surface area (Å²) in [5, 5.41) is 0. The van der Waals surface area contributed by atoms with Crippen molar-refractivity contribution < 1.29 is 4.74 Å². The lowest BCUT2D eigenvalue weighted by molar-refractivity contribution is 0.161. The second-order valence-corrected chi connectivity index (χ2v) is 4.81. The van der Waals surface area contributed by atoms with E-state index >= 15 is 0 Å². The van der Waals surface area contributed by atoms with Gasteiger partial charge in [-0.2, -0.15) is 4.98 Å². The van der Waals surface area contributed by atoms with Crippen LogP contribution in [0.1, 0.15) is 6.42 Å². The van der Waals surface area contributed by atoms with E-state index in [-0.39, 0.29) is 0 Å². The zero-order valence-electron chi connectivity index (χ0n) is 9.19. The zero-order chi connectivity index (χ0) is 11.5. The molecule has 0 spiro atoms. The van der Waals surface area contributed by atoms with Crippen molar-refractivity contribution in [3.63, 3.8) is 0 Å². The Kier molecular flexibility index (Phi) is 3.60. The molecule has 0 saturated carbocycles. The van der Waals surface area contributed by atoms with E-state index in [2.05, 4.69) is 30.8 Å². The SMILES string of the molecule is COCC1CCN(c2nc(N)ncc2Br)C1. The number of methoxy groups -OCH3 is 1. The van der Waals surface area contributed by atoms with Gasteiger partial charge in [0.25, 0.3) is 0 Å². The van der Waals surface area contributed by atoms with Crippen LogP contribution >= 0.6 is 15.9 Å². The van der Waals surface area contributed by atoms with Gasteiger partial charge in [-0.25, -0.2) is 4.98 Å². The first-order valence-electron chi connectivity index (χ1n) is 5.22. The third-order valence-corrected chi connectivity index (χ3v) is 3.29. The molecule has 5 nitrogen and oxygen atoms in total. The van der Waals surface area contributed by atoms with Crippen molar-refractivity contribution in [2.45, 2.75) is 6.42 Å². The van der Waals surface area contributed by atoms with Gasteiger partial charge in [0.05, 0.1) is 11.1 Å². The Morgan fingerprint density at radius 2 is 2.50 bits per heavy atom. The number of rotatable bonds is 3. The first-order chi connectivity index (χ1) is 7.70. The number of aromatic nitrogens is 2. The van der Waals surface area contributed by atoms with Gasteiger partial charge in [0, 0.05) is 32.3 Å². The van der Waals surface area contributed by atoms with Gasteiger partial charge >= 0.3 is 0 Å². The van der Waals surface area contributed by atoms with E-state index < -0.39 is 0 Å². The van der Waals surface area contributed by atoms with Crippen molar-refractivity contribution in [1.29, 1.82) is 0 Å². The van der Waals surface area contributed by atoms with Crippen molar-refractivity contribution >= 4 is 27.7 Å². The summed E-state index contributed by atoms with van der Waals surface area (Å²) in [6.45, 7) is 2.75. The maximum atomic E-state index is 5.59. The van der Waals surface area contributed by atoms with E-state index in [9.17, 15) is 0 Å². The Morgan fingerprint density at radius 1 is 1.69 bits per heavy atom. The highest BCUT2D eigenvalue weighted by Gasteiger charge is 2.24. The van der Waals surface area contributed by atoms with Crippen molar-refractivity contribution in [2.75, 3.05) is 37.4 Å². The van der Waals surface area contributed by atoms with Gasteiger partial charge in [-0.05, 0) is 22.4 Å². The van der Waals surface area contributed by atoms with Crippen molar-refractivity contribution in [2.24, 2.45) is 5.92 Å². The Labute approximate surface area is 103 Å². The quantitative estimate of drug-likeness (QED) is 0.907. The van der Waals surface area contributed by atoms with Gasteiger partial charge in [0.15, 0.2) is 0 Å².